The number of anilines is 1. The van der Waals surface area contributed by atoms with E-state index in [1.165, 1.54) is 6.26 Å². The molecule has 0 saturated carbocycles. The van der Waals surface area contributed by atoms with Crippen LogP contribution in [0.25, 0.3) is 0 Å². The van der Waals surface area contributed by atoms with Crippen LogP contribution in [0, 0.1) is 20.8 Å². The Hall–Kier alpha value is -2.58. The van der Waals surface area contributed by atoms with E-state index < -0.39 is 10.0 Å². The van der Waals surface area contributed by atoms with E-state index in [4.69, 9.17) is 23.2 Å². The molecule has 0 aliphatic carbocycles. The first-order chi connectivity index (χ1) is 20.3. The van der Waals surface area contributed by atoms with Gasteiger partial charge in [-0.15, -0.1) is 0 Å². The zero-order chi connectivity index (χ0) is 31.1. The number of rotatable bonds is 8. The van der Waals surface area contributed by atoms with Crippen molar-refractivity contribution in [3.63, 3.8) is 0 Å². The monoisotopic (exact) mass is 641 g/mol. The molecule has 0 aromatic heterocycles. The number of benzene rings is 3. The molecule has 6 nitrogen and oxygen atoms in total. The number of likely N-dealkylation sites (N-methyl/N-ethyl adjacent to an activating group) is 1. The van der Waals surface area contributed by atoms with Crippen LogP contribution in [0.1, 0.15) is 63.4 Å². The zero-order valence-electron chi connectivity index (χ0n) is 25.7. The molecule has 1 spiro atoms. The van der Waals surface area contributed by atoms with E-state index in [1.54, 1.807) is 4.31 Å². The van der Waals surface area contributed by atoms with Crippen LogP contribution in [0.15, 0.2) is 54.6 Å². The minimum atomic E-state index is -3.35. The van der Waals surface area contributed by atoms with Gasteiger partial charge in [0, 0.05) is 37.0 Å². The van der Waals surface area contributed by atoms with Gasteiger partial charge in [0.2, 0.25) is 10.0 Å². The Bertz CT molecular complexity index is 1610. The summed E-state index contributed by atoms with van der Waals surface area (Å²) in [6, 6.07) is 17.9. The van der Waals surface area contributed by atoms with Gasteiger partial charge in [0.15, 0.2) is 0 Å². The number of carbonyl (C=O) groups is 1. The number of hydrogen-bond acceptors (Lipinski definition) is 4. The predicted molar refractivity (Wildman–Crippen MR) is 177 cm³/mol. The number of amides is 1. The molecule has 0 radical (unpaired) electrons. The molecule has 0 N–H and O–H groups in total. The van der Waals surface area contributed by atoms with Crippen LogP contribution < -0.4 is 4.31 Å². The smallest absolute Gasteiger partial charge is 0.253 e. The molecular weight excluding hydrogens is 601 g/mol. The summed E-state index contributed by atoms with van der Waals surface area (Å²) in [5.41, 5.74) is 6.88. The van der Waals surface area contributed by atoms with Crippen molar-refractivity contribution in [3.8, 4) is 0 Å². The lowest BCUT2D eigenvalue weighted by atomic mass is 9.74. The van der Waals surface area contributed by atoms with Gasteiger partial charge in [0.05, 0.1) is 22.0 Å². The fraction of sp³-hybridized carbons (Fsp3) is 0.441. The Morgan fingerprint density at radius 1 is 0.930 bits per heavy atom. The van der Waals surface area contributed by atoms with Crippen molar-refractivity contribution in [1.82, 2.24) is 9.80 Å². The number of piperidine rings is 1. The van der Waals surface area contributed by atoms with Crippen LogP contribution in [0.4, 0.5) is 5.69 Å². The highest BCUT2D eigenvalue weighted by Crippen LogP contribution is 2.48. The molecule has 2 aliphatic heterocycles. The fourth-order valence-corrected chi connectivity index (χ4v) is 8.17. The van der Waals surface area contributed by atoms with Gasteiger partial charge in [-0.05, 0) is 101 Å². The standard InChI is InChI=1S/C34H41Cl2N3O3S/c1-23-6-9-32-29(19-23)34(22-39(32)43(5,41)42)11-14-38(15-12-34)13-10-27(26-7-8-30(35)31(36)20-26)21-37(4)33(40)28-17-24(2)16-25(3)18-28/h6-9,16-20,27H,10-15,21-22H2,1-5H3. The second kappa shape index (κ2) is 12.4. The van der Waals surface area contributed by atoms with Gasteiger partial charge in [-0.3, -0.25) is 9.10 Å². The number of halogens is 2. The van der Waals surface area contributed by atoms with Gasteiger partial charge in [-0.2, -0.15) is 0 Å². The maximum Gasteiger partial charge on any atom is 0.253 e. The molecule has 0 bridgehead atoms. The Balaban J connectivity index is 1.30. The number of aryl methyl sites for hydroxylation is 3. The first-order valence-electron chi connectivity index (χ1n) is 14.9. The Kier molecular flexibility index (Phi) is 9.20. The first-order valence-corrected chi connectivity index (χ1v) is 17.5. The maximum absolute atomic E-state index is 13.4. The molecule has 1 amide bonds. The van der Waals surface area contributed by atoms with E-state index in [0.29, 0.717) is 28.7 Å². The molecule has 3 aromatic carbocycles. The molecule has 3 aromatic rings. The van der Waals surface area contributed by atoms with Gasteiger partial charge < -0.3 is 9.80 Å². The third-order valence-electron chi connectivity index (χ3n) is 9.17. The molecule has 1 atom stereocenters. The van der Waals surface area contributed by atoms with Gasteiger partial charge in [0.25, 0.3) is 5.91 Å². The highest BCUT2D eigenvalue weighted by atomic mass is 35.5. The number of nitrogens with zero attached hydrogens (tertiary/aromatic N) is 3. The molecule has 1 fully saturated rings. The minimum Gasteiger partial charge on any atom is -0.341 e. The Morgan fingerprint density at radius 2 is 1.60 bits per heavy atom. The minimum absolute atomic E-state index is 0.00222. The Morgan fingerprint density at radius 3 is 2.23 bits per heavy atom. The third-order valence-corrected chi connectivity index (χ3v) is 11.0. The topological polar surface area (TPSA) is 60.9 Å². The van der Waals surface area contributed by atoms with E-state index in [0.717, 1.165) is 72.4 Å². The molecular formula is C34H41Cl2N3O3S. The van der Waals surface area contributed by atoms with E-state index in [1.807, 2.05) is 68.3 Å². The van der Waals surface area contributed by atoms with Gasteiger partial charge in [0.1, 0.15) is 0 Å². The normalized spacial score (nSPS) is 17.2. The molecule has 43 heavy (non-hydrogen) atoms. The molecule has 230 valence electrons. The zero-order valence-corrected chi connectivity index (χ0v) is 28.0. The van der Waals surface area contributed by atoms with E-state index in [2.05, 4.69) is 24.0 Å². The predicted octanol–water partition coefficient (Wildman–Crippen LogP) is 6.98. The summed E-state index contributed by atoms with van der Waals surface area (Å²) < 4.78 is 26.9. The van der Waals surface area contributed by atoms with Crippen LogP contribution in [-0.4, -0.2) is 70.2 Å². The number of likely N-dealkylation sites (tertiary alicyclic amines) is 1. The lowest BCUT2D eigenvalue weighted by Gasteiger charge is -2.40. The van der Waals surface area contributed by atoms with Crippen molar-refractivity contribution in [3.05, 3.63) is 98.0 Å². The van der Waals surface area contributed by atoms with Crippen molar-refractivity contribution in [1.29, 1.82) is 0 Å². The molecule has 1 unspecified atom stereocenters. The maximum atomic E-state index is 13.4. The van der Waals surface area contributed by atoms with Crippen molar-refractivity contribution in [2.75, 3.05) is 50.3 Å². The van der Waals surface area contributed by atoms with Crippen molar-refractivity contribution in [2.45, 2.75) is 51.4 Å². The van der Waals surface area contributed by atoms with Crippen LogP contribution in [0.3, 0.4) is 0 Å². The highest BCUT2D eigenvalue weighted by molar-refractivity contribution is 7.92. The molecule has 1 saturated heterocycles. The summed E-state index contributed by atoms with van der Waals surface area (Å²) in [5.74, 6) is 0.0727. The largest absolute Gasteiger partial charge is 0.341 e. The fourth-order valence-electron chi connectivity index (χ4n) is 6.87. The van der Waals surface area contributed by atoms with Crippen LogP contribution >= 0.6 is 23.2 Å². The number of hydrogen-bond donors (Lipinski definition) is 0. The molecule has 5 rings (SSSR count). The summed E-state index contributed by atoms with van der Waals surface area (Å²) >= 11 is 12.7. The van der Waals surface area contributed by atoms with Crippen LogP contribution in [0.5, 0.6) is 0 Å². The summed E-state index contributed by atoms with van der Waals surface area (Å²) in [7, 11) is -1.49. The third kappa shape index (κ3) is 6.90. The SMILES string of the molecule is Cc1cc(C)cc(C(=O)N(C)CC(CCN2CCC3(CC2)CN(S(C)(=O)=O)c2ccc(C)cc23)c2ccc(Cl)c(Cl)c2)c1. The number of sulfonamides is 1. The summed E-state index contributed by atoms with van der Waals surface area (Å²) in [5, 5.41) is 1.03. The average Bonchev–Trinajstić information content (AvgIpc) is 3.26. The first kappa shape index (κ1) is 31.8. The van der Waals surface area contributed by atoms with Gasteiger partial charge in [-0.1, -0.05) is 64.2 Å². The van der Waals surface area contributed by atoms with Crippen molar-refractivity contribution in [2.24, 2.45) is 0 Å². The van der Waals surface area contributed by atoms with Crippen molar-refractivity contribution >= 4 is 44.8 Å². The summed E-state index contributed by atoms with van der Waals surface area (Å²) in [6.07, 6.45) is 3.95. The lowest BCUT2D eigenvalue weighted by molar-refractivity contribution is 0.0780. The second-order valence-electron chi connectivity index (χ2n) is 12.6. The quantitative estimate of drug-likeness (QED) is 0.266. The van der Waals surface area contributed by atoms with Gasteiger partial charge in [-0.25, -0.2) is 8.42 Å². The number of carbonyl (C=O) groups excluding carboxylic acids is 1. The average molecular weight is 643 g/mol. The van der Waals surface area contributed by atoms with Crippen molar-refractivity contribution < 1.29 is 13.2 Å². The van der Waals surface area contributed by atoms with Crippen LogP contribution in [0.2, 0.25) is 10.0 Å². The van der Waals surface area contributed by atoms with Crippen LogP contribution in [-0.2, 0) is 15.4 Å². The van der Waals surface area contributed by atoms with E-state index in [9.17, 15) is 13.2 Å². The van der Waals surface area contributed by atoms with E-state index in [-0.39, 0.29) is 17.2 Å². The highest BCUT2D eigenvalue weighted by Gasteiger charge is 2.47. The molecule has 2 aliphatic rings. The number of fused-ring (bicyclic) bond motifs is 2. The summed E-state index contributed by atoms with van der Waals surface area (Å²) in [4.78, 5) is 17.7. The molecule has 2 heterocycles. The Labute approximate surface area is 266 Å². The van der Waals surface area contributed by atoms with Gasteiger partial charge >= 0.3 is 0 Å². The summed E-state index contributed by atoms with van der Waals surface area (Å²) in [6.45, 7) is 9.78. The second-order valence-corrected chi connectivity index (χ2v) is 15.4. The lowest BCUT2D eigenvalue weighted by Crippen LogP contribution is -2.46. The van der Waals surface area contributed by atoms with E-state index >= 15 is 0 Å². The molecule has 9 heteroatoms.